The number of nitrogens with one attached hydrogen (secondary N) is 1. The quantitative estimate of drug-likeness (QED) is 0.175. The molecule has 2 amide bonds. The van der Waals surface area contributed by atoms with Gasteiger partial charge in [0.15, 0.2) is 0 Å². The van der Waals surface area contributed by atoms with Crippen molar-refractivity contribution in [1.82, 2.24) is 10.4 Å². The summed E-state index contributed by atoms with van der Waals surface area (Å²) in [5.74, 6) is -1.83. The topological polar surface area (TPSA) is 128 Å². The highest BCUT2D eigenvalue weighted by molar-refractivity contribution is 5.85. The fraction of sp³-hybridized carbons (Fsp3) is 0.815. The predicted molar refractivity (Wildman–Crippen MR) is 137 cm³/mol. The van der Waals surface area contributed by atoms with Crippen LogP contribution in [0.3, 0.4) is 0 Å². The minimum atomic E-state index is -0.924. The van der Waals surface area contributed by atoms with Crippen LogP contribution in [0.1, 0.15) is 116 Å². The lowest BCUT2D eigenvalue weighted by Crippen LogP contribution is -2.42. The number of amides is 2. The molecule has 0 aromatic heterocycles. The van der Waals surface area contributed by atoms with E-state index in [4.69, 9.17) is 9.57 Å². The maximum absolute atomic E-state index is 12.3. The number of hydrogen-bond acceptors (Lipinski definition) is 8. The summed E-state index contributed by atoms with van der Waals surface area (Å²) in [5.41, 5.74) is 0. The number of hydrogen-bond donors (Lipinski definition) is 1. The Labute approximate surface area is 221 Å². The molecule has 212 valence electrons. The van der Waals surface area contributed by atoms with E-state index in [-0.39, 0.29) is 30.6 Å². The highest BCUT2D eigenvalue weighted by Gasteiger charge is 2.26. The van der Waals surface area contributed by atoms with Gasteiger partial charge in [0, 0.05) is 19.3 Å². The average molecular weight is 527 g/mol. The summed E-state index contributed by atoms with van der Waals surface area (Å²) in [5, 5.41) is 3.70. The van der Waals surface area contributed by atoms with Crippen LogP contribution in [0, 0.1) is 0 Å². The van der Waals surface area contributed by atoms with Crippen molar-refractivity contribution in [2.75, 3.05) is 20.8 Å². The lowest BCUT2D eigenvalue weighted by Gasteiger charge is -2.18. The largest absolute Gasteiger partial charge is 0.469 e. The van der Waals surface area contributed by atoms with E-state index in [9.17, 15) is 24.0 Å². The van der Waals surface area contributed by atoms with Crippen LogP contribution in [0.2, 0.25) is 0 Å². The normalized spacial score (nSPS) is 13.8. The van der Waals surface area contributed by atoms with Crippen LogP contribution in [-0.2, 0) is 38.3 Å². The highest BCUT2D eigenvalue weighted by atomic mass is 16.7. The number of carbonyl (C=O) groups is 5. The van der Waals surface area contributed by atoms with Crippen LogP contribution >= 0.6 is 0 Å². The lowest BCUT2D eigenvalue weighted by atomic mass is 10.0. The van der Waals surface area contributed by atoms with E-state index in [1.807, 2.05) is 0 Å². The molecule has 1 fully saturated rings. The van der Waals surface area contributed by atoms with E-state index >= 15 is 0 Å². The van der Waals surface area contributed by atoms with Gasteiger partial charge in [0.25, 0.3) is 5.91 Å². The van der Waals surface area contributed by atoms with Gasteiger partial charge in [0.1, 0.15) is 6.04 Å². The molecular weight excluding hydrogens is 480 g/mol. The van der Waals surface area contributed by atoms with Crippen LogP contribution in [-0.4, -0.2) is 61.6 Å². The third-order valence-electron chi connectivity index (χ3n) is 6.46. The Hall–Kier alpha value is -2.65. The van der Waals surface area contributed by atoms with E-state index in [2.05, 4.69) is 10.1 Å². The smallest absolute Gasteiger partial charge is 0.332 e. The number of unbranched alkanes of at least 4 members (excludes halogenated alkanes) is 11. The molecular formula is C27H46N2O8. The molecule has 1 N–H and O–H groups in total. The molecule has 0 aromatic rings. The molecule has 10 heteroatoms. The van der Waals surface area contributed by atoms with Crippen molar-refractivity contribution in [3.8, 4) is 0 Å². The molecule has 1 aliphatic heterocycles. The SMILES string of the molecule is COC(=O)CCCCCCCCCCCCCCC(=O)NC(CCC(=O)ON1CCCC1=O)C(=O)OC. The van der Waals surface area contributed by atoms with Gasteiger partial charge in [-0.3, -0.25) is 14.4 Å². The number of rotatable bonds is 21. The van der Waals surface area contributed by atoms with E-state index in [0.717, 1.165) is 43.6 Å². The van der Waals surface area contributed by atoms with Gasteiger partial charge in [-0.25, -0.2) is 9.59 Å². The first-order valence-corrected chi connectivity index (χ1v) is 13.8. The van der Waals surface area contributed by atoms with E-state index in [1.165, 1.54) is 52.7 Å². The Morgan fingerprint density at radius 3 is 1.78 bits per heavy atom. The summed E-state index contributed by atoms with van der Waals surface area (Å²) < 4.78 is 9.38. The zero-order chi connectivity index (χ0) is 27.3. The molecule has 1 unspecified atom stereocenters. The summed E-state index contributed by atoms with van der Waals surface area (Å²) >= 11 is 0. The number of ether oxygens (including phenoxy) is 2. The molecule has 0 bridgehead atoms. The Balaban J connectivity index is 2.04. The molecule has 1 atom stereocenters. The van der Waals surface area contributed by atoms with Gasteiger partial charge < -0.3 is 19.6 Å². The second kappa shape index (κ2) is 20.4. The van der Waals surface area contributed by atoms with Crippen LogP contribution < -0.4 is 5.32 Å². The van der Waals surface area contributed by atoms with Crippen molar-refractivity contribution in [3.63, 3.8) is 0 Å². The molecule has 0 spiro atoms. The fourth-order valence-electron chi connectivity index (χ4n) is 4.23. The van der Waals surface area contributed by atoms with Crippen LogP contribution in [0.4, 0.5) is 0 Å². The van der Waals surface area contributed by atoms with Crippen molar-refractivity contribution in [3.05, 3.63) is 0 Å². The molecule has 0 aromatic carbocycles. The third kappa shape index (κ3) is 15.9. The Bertz CT molecular complexity index is 713. The number of methoxy groups -OCH3 is 2. The highest BCUT2D eigenvalue weighted by Crippen LogP contribution is 2.14. The Morgan fingerprint density at radius 1 is 0.757 bits per heavy atom. The summed E-state index contributed by atoms with van der Waals surface area (Å²) in [6.45, 7) is 0.378. The van der Waals surface area contributed by atoms with Crippen molar-refractivity contribution < 1.29 is 38.3 Å². The molecule has 37 heavy (non-hydrogen) atoms. The van der Waals surface area contributed by atoms with E-state index in [1.54, 1.807) is 0 Å². The van der Waals surface area contributed by atoms with Gasteiger partial charge in [0.05, 0.1) is 27.2 Å². The van der Waals surface area contributed by atoms with Gasteiger partial charge >= 0.3 is 17.9 Å². The number of hydroxylamine groups is 2. The molecule has 1 heterocycles. The summed E-state index contributed by atoms with van der Waals surface area (Å²) in [4.78, 5) is 63.9. The molecule has 10 nitrogen and oxygen atoms in total. The van der Waals surface area contributed by atoms with Crippen LogP contribution in [0.25, 0.3) is 0 Å². The maximum atomic E-state index is 12.3. The molecule has 1 aliphatic rings. The standard InChI is InChI=1S/C27H46N2O8/c1-35-25(32)18-14-12-10-8-6-4-3-5-7-9-11-13-16-23(30)28-22(27(34)36-2)19-20-26(33)37-29-21-15-17-24(29)31/h22H,3-21H2,1-2H3,(H,28,30). The zero-order valence-electron chi connectivity index (χ0n) is 22.7. The minimum Gasteiger partial charge on any atom is -0.469 e. The second-order valence-electron chi connectivity index (χ2n) is 9.56. The molecule has 0 aliphatic carbocycles. The molecule has 1 saturated heterocycles. The van der Waals surface area contributed by atoms with Gasteiger partial charge in [-0.05, 0) is 25.7 Å². The number of carbonyl (C=O) groups excluding carboxylic acids is 5. The monoisotopic (exact) mass is 526 g/mol. The number of nitrogens with zero attached hydrogens (tertiary/aromatic N) is 1. The zero-order valence-corrected chi connectivity index (χ0v) is 22.7. The minimum absolute atomic E-state index is 0.0484. The summed E-state index contributed by atoms with van der Waals surface area (Å²) in [6.07, 6.45) is 14.9. The first-order valence-electron chi connectivity index (χ1n) is 13.8. The van der Waals surface area contributed by atoms with Gasteiger partial charge in [0.2, 0.25) is 5.91 Å². The third-order valence-corrected chi connectivity index (χ3v) is 6.46. The second-order valence-corrected chi connectivity index (χ2v) is 9.56. The first kappa shape index (κ1) is 32.4. The summed E-state index contributed by atoms with van der Waals surface area (Å²) in [6, 6.07) is -0.924. The number of esters is 2. The first-order chi connectivity index (χ1) is 17.9. The average Bonchev–Trinajstić information content (AvgIpc) is 3.29. The lowest BCUT2D eigenvalue weighted by molar-refractivity contribution is -0.193. The summed E-state index contributed by atoms with van der Waals surface area (Å²) in [7, 11) is 2.66. The van der Waals surface area contributed by atoms with Crippen LogP contribution in [0.5, 0.6) is 0 Å². The predicted octanol–water partition coefficient (Wildman–Crippen LogP) is 4.14. The van der Waals surface area contributed by atoms with Crippen molar-refractivity contribution in [1.29, 1.82) is 0 Å². The van der Waals surface area contributed by atoms with Crippen molar-refractivity contribution in [2.24, 2.45) is 0 Å². The van der Waals surface area contributed by atoms with Crippen LogP contribution in [0.15, 0.2) is 0 Å². The van der Waals surface area contributed by atoms with Gasteiger partial charge in [-0.15, -0.1) is 0 Å². The maximum Gasteiger partial charge on any atom is 0.332 e. The molecule has 0 radical (unpaired) electrons. The van der Waals surface area contributed by atoms with Gasteiger partial charge in [-0.1, -0.05) is 64.2 Å². The van der Waals surface area contributed by atoms with Gasteiger partial charge in [-0.2, -0.15) is 5.06 Å². The van der Waals surface area contributed by atoms with Crippen molar-refractivity contribution in [2.45, 2.75) is 122 Å². The van der Waals surface area contributed by atoms with E-state index < -0.39 is 18.0 Å². The molecule has 0 saturated carbocycles. The van der Waals surface area contributed by atoms with Crippen molar-refractivity contribution >= 4 is 29.7 Å². The Morgan fingerprint density at radius 2 is 1.30 bits per heavy atom. The molecule has 1 rings (SSSR count). The Kier molecular flexibility index (Phi) is 17.9. The fourth-order valence-corrected chi connectivity index (χ4v) is 4.23. The van der Waals surface area contributed by atoms with E-state index in [0.29, 0.717) is 32.2 Å².